The van der Waals surface area contributed by atoms with E-state index in [0.29, 0.717) is 28.2 Å². The Morgan fingerprint density at radius 3 is 2.11 bits per heavy atom. The van der Waals surface area contributed by atoms with Crippen LogP contribution in [0.25, 0.3) is 11.3 Å². The van der Waals surface area contributed by atoms with E-state index in [1.165, 1.54) is 12.0 Å². The maximum Gasteiger partial charge on any atom is 0.421 e. The molecular formula is C27H26N4O4. The van der Waals surface area contributed by atoms with Crippen molar-refractivity contribution in [1.82, 2.24) is 4.90 Å². The maximum atomic E-state index is 13.5. The number of ether oxygens (including phenoxy) is 1. The second kappa shape index (κ2) is 9.72. The lowest BCUT2D eigenvalue weighted by atomic mass is 10.00. The Labute approximate surface area is 204 Å². The molecule has 8 heteroatoms. The van der Waals surface area contributed by atoms with E-state index in [-0.39, 0.29) is 6.03 Å². The van der Waals surface area contributed by atoms with Gasteiger partial charge < -0.3 is 15.0 Å². The first-order valence-electron chi connectivity index (χ1n) is 11.0. The van der Waals surface area contributed by atoms with Crippen molar-refractivity contribution in [3.8, 4) is 0 Å². The number of methoxy groups -OCH3 is 1. The highest BCUT2D eigenvalue weighted by atomic mass is 16.5. The van der Waals surface area contributed by atoms with Gasteiger partial charge in [0.05, 0.1) is 24.1 Å². The molecular weight excluding hydrogens is 444 g/mol. The quantitative estimate of drug-likeness (QED) is 0.549. The maximum absolute atomic E-state index is 13.5. The highest BCUT2D eigenvalue weighted by molar-refractivity contribution is 6.43. The molecule has 0 atom stereocenters. The lowest BCUT2D eigenvalue weighted by molar-refractivity contribution is -0.112. The van der Waals surface area contributed by atoms with Gasteiger partial charge in [-0.15, -0.1) is 0 Å². The van der Waals surface area contributed by atoms with Crippen molar-refractivity contribution in [2.24, 2.45) is 0 Å². The summed E-state index contributed by atoms with van der Waals surface area (Å²) >= 11 is 0. The van der Waals surface area contributed by atoms with Crippen LogP contribution in [-0.4, -0.2) is 51.2 Å². The van der Waals surface area contributed by atoms with Crippen molar-refractivity contribution in [3.05, 3.63) is 90.0 Å². The van der Waals surface area contributed by atoms with Crippen LogP contribution < -0.4 is 15.1 Å². The van der Waals surface area contributed by atoms with E-state index in [4.69, 9.17) is 4.74 Å². The topological polar surface area (TPSA) is 82.2 Å². The van der Waals surface area contributed by atoms with Crippen LogP contribution in [0.3, 0.4) is 0 Å². The van der Waals surface area contributed by atoms with Gasteiger partial charge in [-0.25, -0.2) is 14.5 Å². The van der Waals surface area contributed by atoms with E-state index in [9.17, 15) is 14.4 Å². The van der Waals surface area contributed by atoms with E-state index in [0.717, 1.165) is 16.2 Å². The standard InChI is InChI=1S/C27H26N4O4/c1-29(2)26(33)30(3)20-16-14-19(15-17-20)28-24(18-10-6-5-7-11-18)23-21-12-8-9-13-22(21)31(25(23)32)27(34)35-4/h5-17,28H,1-4H3/b24-23-. The summed E-state index contributed by atoms with van der Waals surface area (Å²) in [5.74, 6) is -0.475. The molecule has 0 saturated heterocycles. The molecule has 0 fully saturated rings. The van der Waals surface area contributed by atoms with Crippen molar-refractivity contribution >= 4 is 46.4 Å². The normalized spacial score (nSPS) is 13.7. The predicted octanol–water partition coefficient (Wildman–Crippen LogP) is 4.90. The highest BCUT2D eigenvalue weighted by Crippen LogP contribution is 2.41. The third-order valence-corrected chi connectivity index (χ3v) is 5.69. The van der Waals surface area contributed by atoms with Crippen LogP contribution in [0.1, 0.15) is 11.1 Å². The Morgan fingerprint density at radius 2 is 1.49 bits per heavy atom. The Hall–Kier alpha value is -4.59. The summed E-state index contributed by atoms with van der Waals surface area (Å²) in [5, 5.41) is 3.37. The molecule has 0 unspecified atom stereocenters. The molecule has 0 bridgehead atoms. The van der Waals surface area contributed by atoms with Crippen LogP contribution in [0.4, 0.5) is 26.7 Å². The first kappa shape index (κ1) is 23.6. The Balaban J connectivity index is 1.80. The summed E-state index contributed by atoms with van der Waals surface area (Å²) in [7, 11) is 6.34. The van der Waals surface area contributed by atoms with E-state index in [1.54, 1.807) is 44.2 Å². The molecule has 1 N–H and O–H groups in total. The lowest BCUT2D eigenvalue weighted by Gasteiger charge is -2.22. The minimum absolute atomic E-state index is 0.145. The third-order valence-electron chi connectivity index (χ3n) is 5.69. The molecule has 35 heavy (non-hydrogen) atoms. The third kappa shape index (κ3) is 4.46. The summed E-state index contributed by atoms with van der Waals surface area (Å²) in [6.45, 7) is 0. The molecule has 0 saturated carbocycles. The number of hydrogen-bond acceptors (Lipinski definition) is 5. The second-order valence-corrected chi connectivity index (χ2v) is 8.15. The number of rotatable bonds is 4. The number of anilines is 3. The van der Waals surface area contributed by atoms with Crippen LogP contribution in [0, 0.1) is 0 Å². The van der Waals surface area contributed by atoms with E-state index < -0.39 is 12.0 Å². The summed E-state index contributed by atoms with van der Waals surface area (Å²) in [6, 6.07) is 23.7. The molecule has 0 aliphatic carbocycles. The number of nitrogens with one attached hydrogen (secondary N) is 1. The average molecular weight is 471 g/mol. The number of nitrogens with zero attached hydrogens (tertiary/aromatic N) is 3. The number of urea groups is 1. The molecule has 1 heterocycles. The molecule has 178 valence electrons. The molecule has 1 aliphatic rings. The predicted molar refractivity (Wildman–Crippen MR) is 137 cm³/mol. The number of imide groups is 1. The number of benzene rings is 3. The Kier molecular flexibility index (Phi) is 6.55. The van der Waals surface area contributed by atoms with Gasteiger partial charge in [0, 0.05) is 38.1 Å². The Bertz CT molecular complexity index is 1300. The number of carbonyl (C=O) groups excluding carboxylic acids is 3. The second-order valence-electron chi connectivity index (χ2n) is 8.15. The van der Waals surface area contributed by atoms with Gasteiger partial charge in [0.15, 0.2) is 0 Å². The number of carbonyl (C=O) groups is 3. The molecule has 1 aliphatic heterocycles. The fourth-order valence-electron chi connectivity index (χ4n) is 3.94. The summed E-state index contributed by atoms with van der Waals surface area (Å²) < 4.78 is 4.87. The zero-order valence-corrected chi connectivity index (χ0v) is 20.0. The van der Waals surface area contributed by atoms with Gasteiger partial charge in [0.1, 0.15) is 0 Å². The highest BCUT2D eigenvalue weighted by Gasteiger charge is 2.39. The Morgan fingerprint density at radius 1 is 0.857 bits per heavy atom. The minimum atomic E-state index is -0.747. The number of hydrogen-bond donors (Lipinski definition) is 1. The van der Waals surface area contributed by atoms with Crippen LogP contribution >= 0.6 is 0 Å². The first-order valence-corrected chi connectivity index (χ1v) is 11.0. The van der Waals surface area contributed by atoms with Gasteiger partial charge in [-0.1, -0.05) is 48.5 Å². The van der Waals surface area contributed by atoms with Gasteiger partial charge in [0.25, 0.3) is 5.91 Å². The molecule has 8 nitrogen and oxygen atoms in total. The smallest absolute Gasteiger partial charge is 0.421 e. The van der Waals surface area contributed by atoms with Crippen LogP contribution in [0.15, 0.2) is 78.9 Å². The van der Waals surface area contributed by atoms with Crippen molar-refractivity contribution < 1.29 is 19.1 Å². The summed E-state index contributed by atoms with van der Waals surface area (Å²) in [4.78, 5) is 42.4. The SMILES string of the molecule is COC(=O)N1C(=O)/C(=C(\Nc2ccc(N(C)C(=O)N(C)C)cc2)c2ccccc2)c2ccccc21. The fraction of sp³-hybridized carbons (Fsp3) is 0.148. The van der Waals surface area contributed by atoms with Gasteiger partial charge in [0.2, 0.25) is 0 Å². The number of amides is 4. The van der Waals surface area contributed by atoms with E-state index in [2.05, 4.69) is 5.32 Å². The fourth-order valence-corrected chi connectivity index (χ4v) is 3.94. The number of fused-ring (bicyclic) bond motifs is 1. The number of para-hydroxylation sites is 1. The van der Waals surface area contributed by atoms with E-state index >= 15 is 0 Å². The summed E-state index contributed by atoms with van der Waals surface area (Å²) in [5.41, 5.74) is 4.23. The van der Waals surface area contributed by atoms with Crippen LogP contribution in [0.2, 0.25) is 0 Å². The van der Waals surface area contributed by atoms with Gasteiger partial charge in [-0.05, 0) is 35.9 Å². The van der Waals surface area contributed by atoms with Crippen molar-refractivity contribution in [3.63, 3.8) is 0 Å². The molecule has 4 rings (SSSR count). The van der Waals surface area contributed by atoms with Crippen LogP contribution in [-0.2, 0) is 9.53 Å². The molecule has 0 aromatic heterocycles. The van der Waals surface area contributed by atoms with E-state index in [1.807, 2.05) is 60.7 Å². The zero-order valence-electron chi connectivity index (χ0n) is 20.0. The molecule has 3 aromatic carbocycles. The minimum Gasteiger partial charge on any atom is -0.452 e. The molecule has 4 amide bonds. The largest absolute Gasteiger partial charge is 0.452 e. The molecule has 0 radical (unpaired) electrons. The van der Waals surface area contributed by atoms with Crippen molar-refractivity contribution in [1.29, 1.82) is 0 Å². The van der Waals surface area contributed by atoms with Gasteiger partial charge in [-0.2, -0.15) is 0 Å². The first-order chi connectivity index (χ1) is 16.8. The molecule has 0 spiro atoms. The van der Waals surface area contributed by atoms with Gasteiger partial charge in [-0.3, -0.25) is 9.69 Å². The monoisotopic (exact) mass is 470 g/mol. The van der Waals surface area contributed by atoms with Crippen molar-refractivity contribution in [2.75, 3.05) is 43.4 Å². The molecule has 3 aromatic rings. The lowest BCUT2D eigenvalue weighted by Crippen LogP contribution is -2.36. The van der Waals surface area contributed by atoms with Crippen molar-refractivity contribution in [2.45, 2.75) is 0 Å². The van der Waals surface area contributed by atoms with Crippen LogP contribution in [0.5, 0.6) is 0 Å². The summed E-state index contributed by atoms with van der Waals surface area (Å²) in [6.07, 6.45) is -0.747. The average Bonchev–Trinajstić information content (AvgIpc) is 3.18. The van der Waals surface area contributed by atoms with Gasteiger partial charge >= 0.3 is 12.1 Å². The zero-order chi connectivity index (χ0) is 25.1.